The molecule has 1 aromatic carbocycles. The van der Waals surface area contributed by atoms with Crippen molar-refractivity contribution in [2.24, 2.45) is 5.73 Å². The standard InChI is InChI=1S/C12H12FNO2S2/c13-10-4-1-3-9(7-10)11(8-14)18(15,16)12-5-2-6-17-12/h1-7,11H,8,14H2/t11-/m0/s1. The highest BCUT2D eigenvalue weighted by molar-refractivity contribution is 7.93. The Kier molecular flexibility index (Phi) is 3.79. The Balaban J connectivity index is 2.47. The van der Waals surface area contributed by atoms with E-state index >= 15 is 0 Å². The summed E-state index contributed by atoms with van der Waals surface area (Å²) in [7, 11) is -3.55. The molecule has 0 spiro atoms. The first-order valence-corrected chi connectivity index (χ1v) is 7.71. The summed E-state index contributed by atoms with van der Waals surface area (Å²) in [5, 5.41) is 0.776. The smallest absolute Gasteiger partial charge is 0.195 e. The number of hydrogen-bond donors (Lipinski definition) is 1. The number of sulfone groups is 1. The summed E-state index contributed by atoms with van der Waals surface area (Å²) in [6, 6.07) is 8.74. The molecule has 0 aliphatic rings. The average Bonchev–Trinajstić information content (AvgIpc) is 2.83. The summed E-state index contributed by atoms with van der Waals surface area (Å²) >= 11 is 1.14. The molecule has 0 radical (unpaired) electrons. The van der Waals surface area contributed by atoms with Gasteiger partial charge in [-0.1, -0.05) is 18.2 Å². The zero-order valence-corrected chi connectivity index (χ0v) is 11.0. The molecular formula is C12H12FNO2S2. The van der Waals surface area contributed by atoms with Gasteiger partial charge in [-0.2, -0.15) is 0 Å². The monoisotopic (exact) mass is 285 g/mol. The van der Waals surface area contributed by atoms with Crippen LogP contribution in [0.4, 0.5) is 4.39 Å². The van der Waals surface area contributed by atoms with E-state index in [9.17, 15) is 12.8 Å². The molecule has 1 aromatic heterocycles. The lowest BCUT2D eigenvalue weighted by Crippen LogP contribution is -2.21. The minimum absolute atomic E-state index is 0.0797. The fourth-order valence-electron chi connectivity index (χ4n) is 1.71. The van der Waals surface area contributed by atoms with Crippen LogP contribution in [-0.2, 0) is 9.84 Å². The number of halogens is 1. The molecule has 96 valence electrons. The molecular weight excluding hydrogens is 273 g/mol. The van der Waals surface area contributed by atoms with Crippen LogP contribution in [0.15, 0.2) is 46.0 Å². The molecule has 18 heavy (non-hydrogen) atoms. The molecule has 6 heteroatoms. The Bertz CT molecular complexity index is 623. The van der Waals surface area contributed by atoms with Gasteiger partial charge in [0.25, 0.3) is 0 Å². The van der Waals surface area contributed by atoms with E-state index < -0.39 is 20.9 Å². The minimum Gasteiger partial charge on any atom is -0.329 e. The molecule has 3 nitrogen and oxygen atoms in total. The summed E-state index contributed by atoms with van der Waals surface area (Å²) in [6.07, 6.45) is 0. The SMILES string of the molecule is NC[C@@H](c1cccc(F)c1)S(=O)(=O)c1cccs1. The van der Waals surface area contributed by atoms with Gasteiger partial charge in [-0.15, -0.1) is 11.3 Å². The van der Waals surface area contributed by atoms with Crippen molar-refractivity contribution in [3.63, 3.8) is 0 Å². The van der Waals surface area contributed by atoms with E-state index in [1.807, 2.05) is 0 Å². The van der Waals surface area contributed by atoms with Gasteiger partial charge < -0.3 is 5.73 Å². The topological polar surface area (TPSA) is 60.2 Å². The first kappa shape index (κ1) is 13.2. The summed E-state index contributed by atoms with van der Waals surface area (Å²) in [6.45, 7) is -0.0797. The Labute approximate surface area is 109 Å². The summed E-state index contributed by atoms with van der Waals surface area (Å²) in [5.41, 5.74) is 5.93. The van der Waals surface area contributed by atoms with Crippen molar-refractivity contribution in [2.45, 2.75) is 9.46 Å². The second kappa shape index (κ2) is 5.17. The van der Waals surface area contributed by atoms with Crippen LogP contribution >= 0.6 is 11.3 Å². The van der Waals surface area contributed by atoms with Crippen molar-refractivity contribution >= 4 is 21.2 Å². The van der Waals surface area contributed by atoms with Crippen molar-refractivity contribution in [1.82, 2.24) is 0 Å². The van der Waals surface area contributed by atoms with Gasteiger partial charge in [0, 0.05) is 6.54 Å². The fourth-order valence-corrected chi connectivity index (χ4v) is 4.52. The molecule has 0 bridgehead atoms. The lowest BCUT2D eigenvalue weighted by atomic mass is 10.1. The van der Waals surface area contributed by atoms with E-state index in [0.717, 1.165) is 11.3 Å². The third-order valence-electron chi connectivity index (χ3n) is 2.58. The van der Waals surface area contributed by atoms with E-state index in [0.29, 0.717) is 5.56 Å². The molecule has 0 unspecified atom stereocenters. The quantitative estimate of drug-likeness (QED) is 0.938. The lowest BCUT2D eigenvalue weighted by molar-refractivity contribution is 0.583. The molecule has 0 amide bonds. The second-order valence-corrected chi connectivity index (χ2v) is 7.06. The maximum absolute atomic E-state index is 13.2. The van der Waals surface area contributed by atoms with Crippen molar-refractivity contribution in [3.8, 4) is 0 Å². The molecule has 2 N–H and O–H groups in total. The van der Waals surface area contributed by atoms with Gasteiger partial charge in [0.1, 0.15) is 15.3 Å². The van der Waals surface area contributed by atoms with Crippen molar-refractivity contribution in [1.29, 1.82) is 0 Å². The van der Waals surface area contributed by atoms with Crippen molar-refractivity contribution in [3.05, 3.63) is 53.2 Å². The first-order valence-electron chi connectivity index (χ1n) is 5.28. The number of hydrogen-bond acceptors (Lipinski definition) is 4. The van der Waals surface area contributed by atoms with Crippen molar-refractivity contribution < 1.29 is 12.8 Å². The highest BCUT2D eigenvalue weighted by Gasteiger charge is 2.28. The average molecular weight is 285 g/mol. The van der Waals surface area contributed by atoms with Crippen LogP contribution in [0.1, 0.15) is 10.8 Å². The van der Waals surface area contributed by atoms with Gasteiger partial charge in [-0.25, -0.2) is 12.8 Å². The van der Waals surface area contributed by atoms with E-state index in [-0.39, 0.29) is 10.8 Å². The maximum atomic E-state index is 13.2. The van der Waals surface area contributed by atoms with Gasteiger partial charge in [-0.05, 0) is 29.1 Å². The maximum Gasteiger partial charge on any atom is 0.195 e. The second-order valence-electron chi connectivity index (χ2n) is 3.76. The van der Waals surface area contributed by atoms with Gasteiger partial charge in [0.15, 0.2) is 9.84 Å². The Morgan fingerprint density at radius 1 is 1.28 bits per heavy atom. The minimum atomic E-state index is -3.55. The number of nitrogens with two attached hydrogens (primary N) is 1. The van der Waals surface area contributed by atoms with Crippen LogP contribution in [-0.4, -0.2) is 15.0 Å². The van der Waals surface area contributed by atoms with Gasteiger partial charge in [0.2, 0.25) is 0 Å². The molecule has 0 aliphatic carbocycles. The Morgan fingerprint density at radius 3 is 2.61 bits per heavy atom. The Hall–Kier alpha value is -1.24. The van der Waals surface area contributed by atoms with E-state index in [2.05, 4.69) is 0 Å². The van der Waals surface area contributed by atoms with Crippen LogP contribution in [0.3, 0.4) is 0 Å². The van der Waals surface area contributed by atoms with Gasteiger partial charge in [0.05, 0.1) is 0 Å². The summed E-state index contributed by atoms with van der Waals surface area (Å²) in [4.78, 5) is 0. The Morgan fingerprint density at radius 2 is 2.06 bits per heavy atom. The van der Waals surface area contributed by atoms with Crippen LogP contribution in [0, 0.1) is 5.82 Å². The highest BCUT2D eigenvalue weighted by atomic mass is 32.2. The van der Waals surface area contributed by atoms with Gasteiger partial charge in [-0.3, -0.25) is 0 Å². The zero-order chi connectivity index (χ0) is 13.2. The van der Waals surface area contributed by atoms with Crippen LogP contribution in [0.2, 0.25) is 0 Å². The largest absolute Gasteiger partial charge is 0.329 e. The molecule has 0 aliphatic heterocycles. The molecule has 0 saturated carbocycles. The van der Waals surface area contributed by atoms with E-state index in [1.165, 1.54) is 24.3 Å². The molecule has 2 rings (SSSR count). The van der Waals surface area contributed by atoms with Gasteiger partial charge >= 0.3 is 0 Å². The first-order chi connectivity index (χ1) is 8.55. The van der Waals surface area contributed by atoms with Crippen LogP contribution < -0.4 is 5.73 Å². The lowest BCUT2D eigenvalue weighted by Gasteiger charge is -2.15. The van der Waals surface area contributed by atoms with Crippen LogP contribution in [0.5, 0.6) is 0 Å². The normalized spacial score (nSPS) is 13.4. The van der Waals surface area contributed by atoms with E-state index in [1.54, 1.807) is 17.5 Å². The predicted octanol–water partition coefficient (Wildman–Crippen LogP) is 2.36. The number of benzene rings is 1. The molecule has 1 heterocycles. The highest BCUT2D eigenvalue weighted by Crippen LogP contribution is 2.30. The summed E-state index contributed by atoms with van der Waals surface area (Å²) in [5.74, 6) is -0.465. The third kappa shape index (κ3) is 2.45. The third-order valence-corrected chi connectivity index (χ3v) is 6.14. The van der Waals surface area contributed by atoms with Crippen LogP contribution in [0.25, 0.3) is 0 Å². The fraction of sp³-hybridized carbons (Fsp3) is 0.167. The predicted molar refractivity (Wildman–Crippen MR) is 69.7 cm³/mol. The summed E-state index contributed by atoms with van der Waals surface area (Å²) < 4.78 is 38.1. The van der Waals surface area contributed by atoms with Crippen molar-refractivity contribution in [2.75, 3.05) is 6.54 Å². The molecule has 1 atom stereocenters. The number of rotatable bonds is 4. The molecule has 0 saturated heterocycles. The number of thiophene rings is 1. The van der Waals surface area contributed by atoms with E-state index in [4.69, 9.17) is 5.73 Å². The molecule has 0 fully saturated rings. The zero-order valence-electron chi connectivity index (χ0n) is 9.41. The molecule has 2 aromatic rings.